The Kier molecular flexibility index (Phi) is 6.39. The Hall–Kier alpha value is -1.30. The van der Waals surface area contributed by atoms with Crippen molar-refractivity contribution in [3.05, 3.63) is 24.3 Å². The highest BCUT2D eigenvalue weighted by Gasteiger charge is 2.05. The lowest BCUT2D eigenvalue weighted by atomic mass is 10.3. The average Bonchev–Trinajstić information content (AvgIpc) is 2.37. The maximum atomic E-state index is 9.51. The molecule has 96 valence electrons. The highest BCUT2D eigenvalue weighted by Crippen LogP contribution is 2.16. The van der Waals surface area contributed by atoms with Gasteiger partial charge in [0, 0.05) is 7.11 Å². The van der Waals surface area contributed by atoms with E-state index in [-0.39, 0.29) is 20.0 Å². The third kappa shape index (κ3) is 5.53. The van der Waals surface area contributed by atoms with Gasteiger partial charge in [-0.05, 0) is 24.3 Å². The molecule has 1 atom stereocenters. The molecule has 0 radical (unpaired) electrons. The maximum Gasteiger partial charge on any atom is 0.146 e. The zero-order valence-corrected chi connectivity index (χ0v) is 10.1. The lowest BCUT2D eigenvalue weighted by Gasteiger charge is -2.12. The summed E-state index contributed by atoms with van der Waals surface area (Å²) in [7, 11) is 3.13. The molecule has 0 bridgehead atoms. The highest BCUT2D eigenvalue weighted by atomic mass is 16.7. The molecule has 5 nitrogen and oxygen atoms in total. The first kappa shape index (κ1) is 13.8. The number of rotatable bonds is 8. The Bertz CT molecular complexity index is 298. The van der Waals surface area contributed by atoms with Crippen molar-refractivity contribution in [2.24, 2.45) is 0 Å². The summed E-state index contributed by atoms with van der Waals surface area (Å²) in [5, 5.41) is 9.51. The smallest absolute Gasteiger partial charge is 0.146 e. The molecule has 1 aromatic rings. The van der Waals surface area contributed by atoms with E-state index in [1.807, 2.05) is 0 Å². The SMILES string of the molecule is COCOC[C@H](O)COc1ccc(OC)cc1. The van der Waals surface area contributed by atoms with Crippen LogP contribution in [0, 0.1) is 0 Å². The summed E-state index contributed by atoms with van der Waals surface area (Å²) in [5.41, 5.74) is 0. The van der Waals surface area contributed by atoms with Crippen LogP contribution in [0.1, 0.15) is 0 Å². The Morgan fingerprint density at radius 3 is 2.29 bits per heavy atom. The van der Waals surface area contributed by atoms with Crippen LogP contribution in [0.25, 0.3) is 0 Å². The van der Waals surface area contributed by atoms with Crippen molar-refractivity contribution in [3.63, 3.8) is 0 Å². The van der Waals surface area contributed by atoms with E-state index < -0.39 is 6.10 Å². The molecular weight excluding hydrogens is 224 g/mol. The van der Waals surface area contributed by atoms with Crippen LogP contribution in [0.5, 0.6) is 11.5 Å². The van der Waals surface area contributed by atoms with E-state index in [9.17, 15) is 5.11 Å². The van der Waals surface area contributed by atoms with Crippen LogP contribution in [0.2, 0.25) is 0 Å². The molecule has 0 amide bonds. The van der Waals surface area contributed by atoms with Crippen molar-refractivity contribution in [3.8, 4) is 11.5 Å². The van der Waals surface area contributed by atoms with Crippen LogP contribution in [-0.4, -0.2) is 45.4 Å². The van der Waals surface area contributed by atoms with Gasteiger partial charge in [0.2, 0.25) is 0 Å². The highest BCUT2D eigenvalue weighted by molar-refractivity contribution is 5.31. The Morgan fingerprint density at radius 1 is 1.06 bits per heavy atom. The Labute approximate surface area is 101 Å². The van der Waals surface area contributed by atoms with Crippen LogP contribution in [-0.2, 0) is 9.47 Å². The van der Waals surface area contributed by atoms with Gasteiger partial charge in [0.05, 0.1) is 13.7 Å². The molecule has 0 unspecified atom stereocenters. The van der Waals surface area contributed by atoms with E-state index >= 15 is 0 Å². The lowest BCUT2D eigenvalue weighted by Crippen LogP contribution is -2.23. The van der Waals surface area contributed by atoms with Crippen LogP contribution in [0.4, 0.5) is 0 Å². The van der Waals surface area contributed by atoms with Crippen LogP contribution in [0.15, 0.2) is 24.3 Å². The van der Waals surface area contributed by atoms with Crippen molar-refractivity contribution in [1.29, 1.82) is 0 Å². The fraction of sp³-hybridized carbons (Fsp3) is 0.500. The second kappa shape index (κ2) is 7.89. The number of methoxy groups -OCH3 is 2. The molecule has 1 N–H and O–H groups in total. The third-order valence-corrected chi connectivity index (χ3v) is 2.01. The Morgan fingerprint density at radius 2 is 1.71 bits per heavy atom. The van der Waals surface area contributed by atoms with Gasteiger partial charge in [-0.15, -0.1) is 0 Å². The molecule has 0 aliphatic carbocycles. The molecule has 0 saturated carbocycles. The van der Waals surface area contributed by atoms with Gasteiger partial charge >= 0.3 is 0 Å². The molecule has 0 saturated heterocycles. The molecule has 1 aromatic carbocycles. The van der Waals surface area contributed by atoms with E-state index in [1.54, 1.807) is 31.4 Å². The van der Waals surface area contributed by atoms with Gasteiger partial charge in [-0.3, -0.25) is 0 Å². The summed E-state index contributed by atoms with van der Waals surface area (Å²) in [6.45, 7) is 0.527. The second-order valence-corrected chi connectivity index (χ2v) is 3.42. The number of hydrogen-bond donors (Lipinski definition) is 1. The molecule has 0 aliphatic heterocycles. The van der Waals surface area contributed by atoms with E-state index in [2.05, 4.69) is 0 Å². The summed E-state index contributed by atoms with van der Waals surface area (Å²) in [6.07, 6.45) is -0.674. The normalized spacial score (nSPS) is 12.2. The van der Waals surface area contributed by atoms with Crippen molar-refractivity contribution in [2.75, 3.05) is 34.2 Å². The molecule has 0 aromatic heterocycles. The first-order chi connectivity index (χ1) is 8.26. The zero-order valence-electron chi connectivity index (χ0n) is 10.1. The largest absolute Gasteiger partial charge is 0.497 e. The minimum atomic E-state index is -0.674. The van der Waals surface area contributed by atoms with E-state index in [0.29, 0.717) is 5.75 Å². The molecule has 0 spiro atoms. The first-order valence-corrected chi connectivity index (χ1v) is 5.28. The van der Waals surface area contributed by atoms with Gasteiger partial charge in [-0.2, -0.15) is 0 Å². The van der Waals surface area contributed by atoms with E-state index in [1.165, 1.54) is 7.11 Å². The average molecular weight is 242 g/mol. The van der Waals surface area contributed by atoms with Crippen molar-refractivity contribution in [2.45, 2.75) is 6.10 Å². The molecule has 0 aliphatic rings. The predicted octanol–water partition coefficient (Wildman–Crippen LogP) is 1.06. The second-order valence-electron chi connectivity index (χ2n) is 3.42. The number of aliphatic hydroxyl groups is 1. The minimum Gasteiger partial charge on any atom is -0.497 e. The lowest BCUT2D eigenvalue weighted by molar-refractivity contribution is -0.0685. The number of aliphatic hydroxyl groups excluding tert-OH is 1. The maximum absolute atomic E-state index is 9.51. The molecule has 0 heterocycles. The fourth-order valence-electron chi connectivity index (χ4n) is 1.18. The number of hydrogen-bond acceptors (Lipinski definition) is 5. The molecular formula is C12H18O5. The van der Waals surface area contributed by atoms with Gasteiger partial charge in [0.15, 0.2) is 0 Å². The van der Waals surface area contributed by atoms with Crippen molar-refractivity contribution >= 4 is 0 Å². The molecule has 17 heavy (non-hydrogen) atoms. The van der Waals surface area contributed by atoms with Gasteiger partial charge in [0.25, 0.3) is 0 Å². The predicted molar refractivity (Wildman–Crippen MR) is 62.3 cm³/mol. The summed E-state index contributed by atoms with van der Waals surface area (Å²) in [5.74, 6) is 1.44. The Balaban J connectivity index is 2.24. The molecule has 0 fully saturated rings. The summed E-state index contributed by atoms with van der Waals surface area (Å²) in [4.78, 5) is 0. The standard InChI is InChI=1S/C12H18O5/c1-14-9-16-7-10(13)8-17-12-5-3-11(15-2)4-6-12/h3-6,10,13H,7-9H2,1-2H3/t10-/m0/s1. The van der Waals surface area contributed by atoms with Crippen LogP contribution in [0.3, 0.4) is 0 Å². The minimum absolute atomic E-state index is 0.166. The van der Waals surface area contributed by atoms with Crippen LogP contribution >= 0.6 is 0 Å². The summed E-state index contributed by atoms with van der Waals surface area (Å²) >= 11 is 0. The van der Waals surface area contributed by atoms with Crippen molar-refractivity contribution < 1.29 is 24.1 Å². The topological polar surface area (TPSA) is 57.2 Å². The quantitative estimate of drug-likeness (QED) is 0.545. The van der Waals surface area contributed by atoms with E-state index in [0.717, 1.165) is 5.75 Å². The zero-order chi connectivity index (χ0) is 12.5. The molecule has 5 heteroatoms. The molecule has 1 rings (SSSR count). The van der Waals surface area contributed by atoms with Crippen LogP contribution < -0.4 is 9.47 Å². The first-order valence-electron chi connectivity index (χ1n) is 5.28. The number of ether oxygens (including phenoxy) is 4. The van der Waals surface area contributed by atoms with E-state index in [4.69, 9.17) is 18.9 Å². The fourth-order valence-corrected chi connectivity index (χ4v) is 1.18. The van der Waals surface area contributed by atoms with Gasteiger partial charge < -0.3 is 24.1 Å². The van der Waals surface area contributed by atoms with Gasteiger partial charge in [0.1, 0.15) is 31.0 Å². The summed E-state index contributed by atoms with van der Waals surface area (Å²) < 4.78 is 20.1. The monoisotopic (exact) mass is 242 g/mol. The van der Waals surface area contributed by atoms with Gasteiger partial charge in [-0.1, -0.05) is 0 Å². The third-order valence-electron chi connectivity index (χ3n) is 2.01. The summed E-state index contributed by atoms with van der Waals surface area (Å²) in [6, 6.07) is 7.15. The van der Waals surface area contributed by atoms with Gasteiger partial charge in [-0.25, -0.2) is 0 Å². The number of benzene rings is 1. The van der Waals surface area contributed by atoms with Crippen molar-refractivity contribution in [1.82, 2.24) is 0 Å².